The van der Waals surface area contributed by atoms with Crippen molar-refractivity contribution in [2.45, 2.75) is 32.1 Å². The molecule has 2 atom stereocenters. The molecule has 9 nitrogen and oxygen atoms in total. The quantitative estimate of drug-likeness (QED) is 0.482. The lowest BCUT2D eigenvalue weighted by Crippen LogP contribution is -2.42. The minimum atomic E-state index is -3.61. The second-order valence-corrected chi connectivity index (χ2v) is 10.2. The van der Waals surface area contributed by atoms with Crippen LogP contribution in [0.5, 0.6) is 0 Å². The molecule has 1 aromatic carbocycles. The number of aromatic nitrogens is 1. The zero-order valence-corrected chi connectivity index (χ0v) is 19.1. The molecule has 1 aliphatic rings. The Kier molecular flexibility index (Phi) is 7.15. The molecule has 172 valence electrons. The van der Waals surface area contributed by atoms with Gasteiger partial charge < -0.3 is 15.0 Å². The zero-order valence-electron chi connectivity index (χ0n) is 18.3. The van der Waals surface area contributed by atoms with E-state index in [0.29, 0.717) is 36.2 Å². The van der Waals surface area contributed by atoms with Gasteiger partial charge >= 0.3 is 5.97 Å². The topological polar surface area (TPSA) is 126 Å². The fraction of sp³-hybridized carbons (Fsp3) is 0.409. The van der Waals surface area contributed by atoms with Crippen molar-refractivity contribution >= 4 is 33.4 Å². The van der Waals surface area contributed by atoms with Crippen LogP contribution >= 0.6 is 0 Å². The number of sulfonamides is 1. The Balaban J connectivity index is 1.56. The van der Waals surface area contributed by atoms with Crippen LogP contribution in [0.2, 0.25) is 0 Å². The van der Waals surface area contributed by atoms with Gasteiger partial charge in [-0.15, -0.1) is 0 Å². The van der Waals surface area contributed by atoms with Gasteiger partial charge in [-0.3, -0.25) is 9.59 Å². The van der Waals surface area contributed by atoms with Crippen molar-refractivity contribution in [2.24, 2.45) is 11.8 Å². The molecule has 3 rings (SSSR count). The molecule has 1 fully saturated rings. The monoisotopic (exact) mass is 461 g/mol. The van der Waals surface area contributed by atoms with Crippen LogP contribution in [0.25, 0.3) is 0 Å². The standard InChI is InChI=1S/C22H27N3O6S/c1-14-8-15(2)12-25(11-14)32(29,30)19-6-4-18(5-7-19)24-21(27)13-31-22(28)20-9-17(10-23-20)16(3)26/h4-7,9-10,14-15,23H,8,11-13H2,1-3H3,(H,24,27). The van der Waals surface area contributed by atoms with Crippen LogP contribution in [0.3, 0.4) is 0 Å². The number of anilines is 1. The number of H-pyrrole nitrogens is 1. The summed E-state index contributed by atoms with van der Waals surface area (Å²) in [4.78, 5) is 38.1. The molecule has 1 saturated heterocycles. The summed E-state index contributed by atoms with van der Waals surface area (Å²) in [5.74, 6) is -0.942. The Morgan fingerprint density at radius 3 is 2.31 bits per heavy atom. The normalized spacial score (nSPS) is 19.3. The number of carbonyl (C=O) groups excluding carboxylic acids is 3. The molecular weight excluding hydrogens is 434 g/mol. The Hall–Kier alpha value is -2.98. The molecule has 1 aliphatic heterocycles. The van der Waals surface area contributed by atoms with Gasteiger partial charge in [0.25, 0.3) is 5.91 Å². The van der Waals surface area contributed by atoms with Gasteiger partial charge in [0.2, 0.25) is 10.0 Å². The van der Waals surface area contributed by atoms with Gasteiger partial charge in [0.1, 0.15) is 5.69 Å². The number of aromatic amines is 1. The SMILES string of the molecule is CC(=O)c1c[nH]c(C(=O)OCC(=O)Nc2ccc(S(=O)(=O)N3CC(C)CC(C)C3)cc2)c1. The first-order valence-corrected chi connectivity index (χ1v) is 11.8. The van der Waals surface area contributed by atoms with Crippen molar-refractivity contribution in [1.82, 2.24) is 9.29 Å². The Morgan fingerprint density at radius 2 is 1.75 bits per heavy atom. The van der Waals surface area contributed by atoms with Gasteiger partial charge in [-0.1, -0.05) is 13.8 Å². The molecule has 1 aromatic heterocycles. The maximum Gasteiger partial charge on any atom is 0.355 e. The van der Waals surface area contributed by atoms with Crippen molar-refractivity contribution in [3.63, 3.8) is 0 Å². The first-order chi connectivity index (χ1) is 15.1. The average molecular weight is 462 g/mol. The van der Waals surface area contributed by atoms with Crippen LogP contribution in [0.15, 0.2) is 41.4 Å². The molecule has 2 N–H and O–H groups in total. The lowest BCUT2D eigenvalue weighted by molar-refractivity contribution is -0.119. The highest BCUT2D eigenvalue weighted by Crippen LogP contribution is 2.27. The fourth-order valence-corrected chi connectivity index (χ4v) is 5.46. The maximum atomic E-state index is 12.9. The molecule has 2 unspecified atom stereocenters. The number of amides is 1. The van der Waals surface area contributed by atoms with E-state index in [4.69, 9.17) is 4.74 Å². The van der Waals surface area contributed by atoms with E-state index in [1.807, 2.05) is 13.8 Å². The van der Waals surface area contributed by atoms with E-state index in [-0.39, 0.29) is 16.4 Å². The number of Topliss-reactive ketones (excluding diaryl/α,β-unsaturated/α-hetero) is 1. The van der Waals surface area contributed by atoms with E-state index in [2.05, 4.69) is 10.3 Å². The Bertz CT molecular complexity index is 1100. The summed E-state index contributed by atoms with van der Waals surface area (Å²) in [5, 5.41) is 2.56. The molecule has 2 heterocycles. The number of ether oxygens (including phenoxy) is 1. The number of hydrogen-bond donors (Lipinski definition) is 2. The number of hydrogen-bond acceptors (Lipinski definition) is 6. The minimum Gasteiger partial charge on any atom is -0.451 e. The van der Waals surface area contributed by atoms with Crippen LogP contribution in [0.4, 0.5) is 5.69 Å². The largest absolute Gasteiger partial charge is 0.451 e. The van der Waals surface area contributed by atoms with E-state index in [0.717, 1.165) is 6.42 Å². The molecule has 0 saturated carbocycles. The van der Waals surface area contributed by atoms with Crippen LogP contribution in [0.1, 0.15) is 48.0 Å². The molecule has 1 amide bonds. The smallest absolute Gasteiger partial charge is 0.355 e. The number of piperidine rings is 1. The van der Waals surface area contributed by atoms with E-state index in [1.165, 1.54) is 47.8 Å². The van der Waals surface area contributed by atoms with Crippen molar-refractivity contribution in [2.75, 3.05) is 25.0 Å². The molecule has 0 radical (unpaired) electrons. The number of esters is 1. The molecule has 0 bridgehead atoms. The predicted molar refractivity (Wildman–Crippen MR) is 118 cm³/mol. The molecule has 10 heteroatoms. The van der Waals surface area contributed by atoms with Gasteiger partial charge in [-0.05, 0) is 55.5 Å². The van der Waals surface area contributed by atoms with Gasteiger partial charge in [0.15, 0.2) is 12.4 Å². The number of carbonyl (C=O) groups is 3. The van der Waals surface area contributed by atoms with E-state index < -0.39 is 28.5 Å². The predicted octanol–water partition coefficient (Wildman–Crippen LogP) is 2.68. The van der Waals surface area contributed by atoms with E-state index >= 15 is 0 Å². The number of ketones is 1. The molecular formula is C22H27N3O6S. The van der Waals surface area contributed by atoms with Crippen LogP contribution < -0.4 is 5.32 Å². The maximum absolute atomic E-state index is 12.9. The summed E-state index contributed by atoms with van der Waals surface area (Å²) in [6.45, 7) is 5.91. The number of benzene rings is 1. The van der Waals surface area contributed by atoms with Crippen molar-refractivity contribution in [1.29, 1.82) is 0 Å². The summed E-state index contributed by atoms with van der Waals surface area (Å²) in [7, 11) is -3.61. The van der Waals surface area contributed by atoms with Gasteiger partial charge in [0.05, 0.1) is 4.90 Å². The molecule has 0 aliphatic carbocycles. The first-order valence-electron chi connectivity index (χ1n) is 10.3. The molecule has 32 heavy (non-hydrogen) atoms. The number of rotatable bonds is 7. The van der Waals surface area contributed by atoms with Crippen LogP contribution in [-0.4, -0.2) is 55.1 Å². The summed E-state index contributed by atoms with van der Waals surface area (Å²) in [5.41, 5.74) is 0.785. The lowest BCUT2D eigenvalue weighted by Gasteiger charge is -2.34. The average Bonchev–Trinajstić information content (AvgIpc) is 3.22. The second kappa shape index (κ2) is 9.66. The van der Waals surface area contributed by atoms with Gasteiger partial charge in [-0.25, -0.2) is 13.2 Å². The van der Waals surface area contributed by atoms with Crippen LogP contribution in [-0.2, 0) is 19.6 Å². The van der Waals surface area contributed by atoms with Crippen molar-refractivity contribution in [3.05, 3.63) is 47.8 Å². The highest BCUT2D eigenvalue weighted by atomic mass is 32.2. The number of nitrogens with one attached hydrogen (secondary N) is 2. The minimum absolute atomic E-state index is 0.0684. The van der Waals surface area contributed by atoms with Crippen LogP contribution in [0, 0.1) is 11.8 Å². The molecule has 2 aromatic rings. The summed E-state index contributed by atoms with van der Waals surface area (Å²) < 4.78 is 32.3. The number of nitrogens with zero attached hydrogens (tertiary/aromatic N) is 1. The second-order valence-electron chi connectivity index (χ2n) is 8.27. The van der Waals surface area contributed by atoms with Gasteiger partial charge in [-0.2, -0.15) is 4.31 Å². The van der Waals surface area contributed by atoms with E-state index in [1.54, 1.807) is 0 Å². The summed E-state index contributed by atoms with van der Waals surface area (Å²) >= 11 is 0. The highest BCUT2D eigenvalue weighted by molar-refractivity contribution is 7.89. The van der Waals surface area contributed by atoms with Crippen molar-refractivity contribution in [3.8, 4) is 0 Å². The fourth-order valence-electron chi connectivity index (χ4n) is 3.78. The third-order valence-electron chi connectivity index (χ3n) is 5.26. The third kappa shape index (κ3) is 5.63. The third-order valence-corrected chi connectivity index (χ3v) is 7.10. The Morgan fingerprint density at radius 1 is 1.12 bits per heavy atom. The summed E-state index contributed by atoms with van der Waals surface area (Å²) in [6, 6.07) is 7.23. The van der Waals surface area contributed by atoms with E-state index in [9.17, 15) is 22.8 Å². The first kappa shape index (κ1) is 23.7. The lowest BCUT2D eigenvalue weighted by atomic mass is 9.94. The zero-order chi connectivity index (χ0) is 23.5. The molecule has 0 spiro atoms. The summed E-state index contributed by atoms with van der Waals surface area (Å²) in [6.07, 6.45) is 2.39. The van der Waals surface area contributed by atoms with Crippen molar-refractivity contribution < 1.29 is 27.5 Å². The highest BCUT2D eigenvalue weighted by Gasteiger charge is 2.31. The Labute approximate surface area is 187 Å². The van der Waals surface area contributed by atoms with Gasteiger partial charge in [0, 0.05) is 30.5 Å².